The van der Waals surface area contributed by atoms with Gasteiger partial charge in [-0.3, -0.25) is 4.90 Å². The largest absolute Gasteiger partial charge is 0.298 e. The molecule has 0 aromatic carbocycles. The first kappa shape index (κ1) is 14.8. The molecule has 1 unspecified atom stereocenters. The summed E-state index contributed by atoms with van der Waals surface area (Å²) in [6, 6.07) is 4.49. The average Bonchev–Trinajstić information content (AvgIpc) is 2.77. The van der Waals surface area contributed by atoms with Crippen LogP contribution in [-0.2, 0) is 6.54 Å². The van der Waals surface area contributed by atoms with Crippen LogP contribution in [0.1, 0.15) is 50.3 Å². The topological polar surface area (TPSA) is 3.24 Å². The van der Waals surface area contributed by atoms with Gasteiger partial charge in [-0.1, -0.05) is 27.4 Å². The minimum absolute atomic E-state index is 0.441. The first-order valence-corrected chi connectivity index (χ1v) is 8.15. The fourth-order valence-electron chi connectivity index (χ4n) is 2.82. The van der Waals surface area contributed by atoms with Crippen LogP contribution in [0.3, 0.4) is 0 Å². The van der Waals surface area contributed by atoms with Crippen LogP contribution in [0.15, 0.2) is 18.7 Å². The Hall–Kier alpha value is -0.600. The normalized spacial score (nSPS) is 21.6. The summed E-state index contributed by atoms with van der Waals surface area (Å²) < 4.78 is 0. The van der Waals surface area contributed by atoms with E-state index < -0.39 is 0 Å². The fourth-order valence-corrected chi connectivity index (χ4v) is 3.79. The molecule has 1 saturated heterocycles. The highest BCUT2D eigenvalue weighted by Gasteiger charge is 2.29. The molecule has 0 radical (unpaired) electrons. The van der Waals surface area contributed by atoms with Gasteiger partial charge in [-0.25, -0.2) is 0 Å². The number of allylic oxidation sites excluding steroid dienone is 1. The molecule has 1 atom stereocenters. The maximum atomic E-state index is 4.03. The zero-order valence-corrected chi connectivity index (χ0v) is 13.6. The fraction of sp³-hybridized carbons (Fsp3) is 0.647. The van der Waals surface area contributed by atoms with Gasteiger partial charge in [0.25, 0.3) is 0 Å². The lowest BCUT2D eigenvalue weighted by molar-refractivity contribution is 0.0950. The highest BCUT2D eigenvalue weighted by atomic mass is 32.1. The van der Waals surface area contributed by atoms with Crippen molar-refractivity contribution in [2.75, 3.05) is 13.1 Å². The Morgan fingerprint density at radius 2 is 2.16 bits per heavy atom. The van der Waals surface area contributed by atoms with Crippen LogP contribution in [0, 0.1) is 11.3 Å². The molecule has 19 heavy (non-hydrogen) atoms. The molecule has 0 bridgehead atoms. The van der Waals surface area contributed by atoms with Crippen LogP contribution < -0.4 is 0 Å². The van der Waals surface area contributed by atoms with Crippen molar-refractivity contribution in [2.24, 2.45) is 11.3 Å². The Morgan fingerprint density at radius 1 is 1.42 bits per heavy atom. The van der Waals surface area contributed by atoms with Crippen LogP contribution in [0.4, 0.5) is 0 Å². The van der Waals surface area contributed by atoms with Crippen LogP contribution in [-0.4, -0.2) is 18.0 Å². The molecule has 1 aliphatic rings. The summed E-state index contributed by atoms with van der Waals surface area (Å²) >= 11 is 1.90. The van der Waals surface area contributed by atoms with Crippen molar-refractivity contribution in [3.8, 4) is 0 Å². The number of hydrogen-bond donors (Lipinski definition) is 0. The molecular weight excluding hydrogens is 250 g/mol. The van der Waals surface area contributed by atoms with E-state index in [4.69, 9.17) is 0 Å². The second-order valence-corrected chi connectivity index (χ2v) is 8.15. The van der Waals surface area contributed by atoms with E-state index in [9.17, 15) is 0 Å². The van der Waals surface area contributed by atoms with E-state index in [1.165, 1.54) is 41.3 Å². The summed E-state index contributed by atoms with van der Waals surface area (Å²) in [7, 11) is 0. The van der Waals surface area contributed by atoms with Gasteiger partial charge in [-0.05, 0) is 55.3 Å². The molecule has 2 rings (SSSR count). The minimum atomic E-state index is 0.441. The van der Waals surface area contributed by atoms with Crippen LogP contribution in [0.2, 0.25) is 0 Å². The zero-order valence-electron chi connectivity index (χ0n) is 12.8. The smallest absolute Gasteiger partial charge is 0.0328 e. The van der Waals surface area contributed by atoms with Gasteiger partial charge in [0, 0.05) is 22.8 Å². The van der Waals surface area contributed by atoms with Crippen molar-refractivity contribution >= 4 is 16.9 Å². The maximum absolute atomic E-state index is 4.03. The lowest BCUT2D eigenvalue weighted by Gasteiger charge is -2.39. The summed E-state index contributed by atoms with van der Waals surface area (Å²) in [5.74, 6) is 0.835. The third-order valence-electron chi connectivity index (χ3n) is 4.19. The van der Waals surface area contributed by atoms with E-state index in [1.807, 2.05) is 11.3 Å². The molecule has 1 aliphatic heterocycles. The van der Waals surface area contributed by atoms with Crippen LogP contribution >= 0.6 is 11.3 Å². The molecule has 106 valence electrons. The monoisotopic (exact) mass is 277 g/mol. The van der Waals surface area contributed by atoms with E-state index >= 15 is 0 Å². The summed E-state index contributed by atoms with van der Waals surface area (Å²) in [5.41, 5.74) is 1.62. The Balaban J connectivity index is 1.96. The summed E-state index contributed by atoms with van der Waals surface area (Å²) in [5, 5.41) is 0. The number of likely N-dealkylation sites (tertiary alicyclic amines) is 1. The zero-order chi connectivity index (χ0) is 14.0. The van der Waals surface area contributed by atoms with E-state index in [0.717, 1.165) is 12.5 Å². The minimum Gasteiger partial charge on any atom is -0.298 e. The predicted molar refractivity (Wildman–Crippen MR) is 86.5 cm³/mol. The lowest BCUT2D eigenvalue weighted by Crippen LogP contribution is -2.39. The number of piperidine rings is 1. The van der Waals surface area contributed by atoms with Gasteiger partial charge < -0.3 is 0 Å². The molecule has 0 amide bonds. The molecule has 1 nitrogen and oxygen atoms in total. The standard InChI is InChI=1S/C17H27NS/c1-13(2)16-9-8-15(19-16)12-18-10-6-7-14(11-18)17(3,4)5/h8-9,14H,1,6-7,10-12H2,2-5H3. The highest BCUT2D eigenvalue weighted by Crippen LogP contribution is 2.34. The van der Waals surface area contributed by atoms with Gasteiger partial charge in [0.1, 0.15) is 0 Å². The molecule has 2 heteroatoms. The number of nitrogens with zero attached hydrogens (tertiary/aromatic N) is 1. The summed E-state index contributed by atoms with van der Waals surface area (Å²) in [6.07, 6.45) is 2.74. The molecule has 0 N–H and O–H groups in total. The van der Waals surface area contributed by atoms with Crippen LogP contribution in [0.5, 0.6) is 0 Å². The predicted octanol–water partition coefficient (Wildman–Crippen LogP) is 5.04. The van der Waals surface area contributed by atoms with Crippen LogP contribution in [0.25, 0.3) is 5.57 Å². The summed E-state index contributed by atoms with van der Waals surface area (Å²) in [6.45, 7) is 16.9. The summed E-state index contributed by atoms with van der Waals surface area (Å²) in [4.78, 5) is 5.44. The molecule has 1 fully saturated rings. The van der Waals surface area contributed by atoms with Crippen molar-refractivity contribution in [1.29, 1.82) is 0 Å². The van der Waals surface area contributed by atoms with E-state index in [0.29, 0.717) is 5.41 Å². The van der Waals surface area contributed by atoms with Crippen molar-refractivity contribution in [2.45, 2.75) is 47.1 Å². The Labute approximate surface area is 122 Å². The molecule has 1 aromatic heterocycles. The van der Waals surface area contributed by atoms with Crippen molar-refractivity contribution in [3.05, 3.63) is 28.5 Å². The molecule has 0 spiro atoms. The first-order chi connectivity index (χ1) is 8.86. The van der Waals surface area contributed by atoms with Gasteiger partial charge >= 0.3 is 0 Å². The molecule has 2 heterocycles. The van der Waals surface area contributed by atoms with E-state index in [2.05, 4.69) is 51.3 Å². The van der Waals surface area contributed by atoms with Gasteiger partial charge in [0.05, 0.1) is 0 Å². The van der Waals surface area contributed by atoms with Gasteiger partial charge in [-0.2, -0.15) is 0 Å². The second kappa shape index (κ2) is 5.80. The maximum Gasteiger partial charge on any atom is 0.0328 e. The van der Waals surface area contributed by atoms with Gasteiger partial charge in [0.2, 0.25) is 0 Å². The van der Waals surface area contributed by atoms with Crippen molar-refractivity contribution < 1.29 is 0 Å². The Bertz CT molecular complexity index is 438. The number of hydrogen-bond acceptors (Lipinski definition) is 2. The Morgan fingerprint density at radius 3 is 2.74 bits per heavy atom. The first-order valence-electron chi connectivity index (χ1n) is 7.33. The van der Waals surface area contributed by atoms with E-state index in [-0.39, 0.29) is 0 Å². The lowest BCUT2D eigenvalue weighted by atomic mass is 9.76. The van der Waals surface area contributed by atoms with E-state index in [1.54, 1.807) is 0 Å². The Kier molecular flexibility index (Phi) is 4.52. The van der Waals surface area contributed by atoms with Gasteiger partial charge in [-0.15, -0.1) is 11.3 Å². The average molecular weight is 277 g/mol. The second-order valence-electron chi connectivity index (χ2n) is 6.99. The molecule has 0 aliphatic carbocycles. The third kappa shape index (κ3) is 3.93. The van der Waals surface area contributed by atoms with Crippen molar-refractivity contribution in [3.63, 3.8) is 0 Å². The quantitative estimate of drug-likeness (QED) is 0.748. The van der Waals surface area contributed by atoms with Gasteiger partial charge in [0.15, 0.2) is 0 Å². The third-order valence-corrected chi connectivity index (χ3v) is 5.42. The SMILES string of the molecule is C=C(C)c1ccc(CN2CCCC(C(C)(C)C)C2)s1. The highest BCUT2D eigenvalue weighted by molar-refractivity contribution is 7.13. The number of thiophene rings is 1. The molecule has 0 saturated carbocycles. The molecule has 1 aromatic rings. The molecular formula is C17H27NS. The number of rotatable bonds is 3. The van der Waals surface area contributed by atoms with Crippen molar-refractivity contribution in [1.82, 2.24) is 4.90 Å².